The monoisotopic (exact) mass is 248 g/mol. The van der Waals surface area contributed by atoms with Gasteiger partial charge in [-0.25, -0.2) is 0 Å². The first kappa shape index (κ1) is 12.8. The van der Waals surface area contributed by atoms with Crippen LogP contribution in [0.5, 0.6) is 0 Å². The second-order valence-corrected chi connectivity index (χ2v) is 4.78. The number of nitrogens with one attached hydrogen (secondary N) is 2. The molecule has 0 aliphatic carbocycles. The zero-order valence-corrected chi connectivity index (χ0v) is 10.9. The number of piperidine rings is 1. The molecule has 1 unspecified atom stereocenters. The van der Waals surface area contributed by atoms with Crippen molar-refractivity contribution < 1.29 is 4.79 Å². The van der Waals surface area contributed by atoms with Crippen LogP contribution >= 0.6 is 0 Å². The van der Waals surface area contributed by atoms with Crippen molar-refractivity contribution in [1.29, 1.82) is 0 Å². The molecule has 2 heterocycles. The Bertz CT molecular complexity index is 413. The van der Waals surface area contributed by atoms with Gasteiger partial charge in [0.1, 0.15) is 0 Å². The third kappa shape index (κ3) is 2.98. The van der Waals surface area contributed by atoms with Crippen LogP contribution in [-0.4, -0.2) is 37.6 Å². The molecule has 1 atom stereocenters. The molecule has 2 rings (SSSR count). The first-order valence-electron chi connectivity index (χ1n) is 6.34. The van der Waals surface area contributed by atoms with Crippen molar-refractivity contribution in [2.45, 2.75) is 25.3 Å². The van der Waals surface area contributed by atoms with Gasteiger partial charge in [-0.3, -0.25) is 9.78 Å². The standard InChI is InChI=1S/C13H20N4O/c1-17(2)12-6-8-14-9-11(12)16-13(18)10-5-3-4-7-15-10/h6,8-10,15H,3-5,7H2,1-2H3,(H,16,18). The fourth-order valence-corrected chi connectivity index (χ4v) is 2.17. The second-order valence-electron chi connectivity index (χ2n) is 4.78. The van der Waals surface area contributed by atoms with Gasteiger partial charge in [-0.05, 0) is 25.5 Å². The lowest BCUT2D eigenvalue weighted by molar-refractivity contribution is -0.118. The molecule has 2 N–H and O–H groups in total. The van der Waals surface area contributed by atoms with Gasteiger partial charge in [0.2, 0.25) is 5.91 Å². The van der Waals surface area contributed by atoms with E-state index in [2.05, 4.69) is 15.6 Å². The fraction of sp³-hybridized carbons (Fsp3) is 0.538. The lowest BCUT2D eigenvalue weighted by Gasteiger charge is -2.24. The van der Waals surface area contributed by atoms with Crippen LogP contribution in [0.25, 0.3) is 0 Å². The molecule has 1 aromatic rings. The van der Waals surface area contributed by atoms with Gasteiger partial charge in [0.05, 0.1) is 23.6 Å². The van der Waals surface area contributed by atoms with Gasteiger partial charge in [-0.2, -0.15) is 0 Å². The molecule has 1 fully saturated rings. The normalized spacial score (nSPS) is 19.3. The maximum atomic E-state index is 12.1. The van der Waals surface area contributed by atoms with E-state index in [-0.39, 0.29) is 11.9 Å². The van der Waals surface area contributed by atoms with E-state index in [1.54, 1.807) is 12.4 Å². The van der Waals surface area contributed by atoms with Crippen LogP contribution in [0.3, 0.4) is 0 Å². The van der Waals surface area contributed by atoms with E-state index in [9.17, 15) is 4.79 Å². The minimum atomic E-state index is -0.0750. The highest BCUT2D eigenvalue weighted by atomic mass is 16.2. The zero-order chi connectivity index (χ0) is 13.0. The second kappa shape index (κ2) is 5.82. The minimum absolute atomic E-state index is 0.0331. The summed E-state index contributed by atoms with van der Waals surface area (Å²) in [6.07, 6.45) is 6.58. The average molecular weight is 248 g/mol. The van der Waals surface area contributed by atoms with Crippen LogP contribution < -0.4 is 15.5 Å². The molecule has 1 aliphatic rings. The molecule has 0 aromatic carbocycles. The Morgan fingerprint density at radius 1 is 1.50 bits per heavy atom. The van der Waals surface area contributed by atoms with Crippen molar-refractivity contribution in [3.05, 3.63) is 18.5 Å². The van der Waals surface area contributed by atoms with E-state index >= 15 is 0 Å². The smallest absolute Gasteiger partial charge is 0.241 e. The summed E-state index contributed by atoms with van der Waals surface area (Å²) in [5.74, 6) is 0.0331. The molecule has 1 amide bonds. The third-order valence-corrected chi connectivity index (χ3v) is 3.16. The number of rotatable bonds is 3. The van der Waals surface area contributed by atoms with Gasteiger partial charge in [0, 0.05) is 20.3 Å². The number of carbonyl (C=O) groups excluding carboxylic acids is 1. The van der Waals surface area contributed by atoms with E-state index in [1.165, 1.54) is 0 Å². The predicted molar refractivity (Wildman–Crippen MR) is 72.8 cm³/mol. The minimum Gasteiger partial charge on any atom is -0.376 e. The van der Waals surface area contributed by atoms with Crippen LogP contribution in [0.1, 0.15) is 19.3 Å². The number of amides is 1. The summed E-state index contributed by atoms with van der Waals surface area (Å²) in [5.41, 5.74) is 1.73. The van der Waals surface area contributed by atoms with Crippen LogP contribution in [0, 0.1) is 0 Å². The molecule has 1 aliphatic heterocycles. The summed E-state index contributed by atoms with van der Waals surface area (Å²) in [6.45, 7) is 0.922. The predicted octanol–water partition coefficient (Wildman–Crippen LogP) is 1.23. The van der Waals surface area contributed by atoms with Gasteiger partial charge >= 0.3 is 0 Å². The summed E-state index contributed by atoms with van der Waals surface area (Å²) in [6, 6.07) is 1.82. The molecular formula is C13H20N4O. The molecule has 1 aromatic heterocycles. The lowest BCUT2D eigenvalue weighted by atomic mass is 10.0. The van der Waals surface area contributed by atoms with Gasteiger partial charge in [-0.1, -0.05) is 6.42 Å². The topological polar surface area (TPSA) is 57.3 Å². The highest BCUT2D eigenvalue weighted by molar-refractivity contribution is 5.97. The lowest BCUT2D eigenvalue weighted by Crippen LogP contribution is -2.43. The maximum Gasteiger partial charge on any atom is 0.241 e. The van der Waals surface area contributed by atoms with Crippen LogP contribution in [-0.2, 0) is 4.79 Å². The quantitative estimate of drug-likeness (QED) is 0.844. The Hall–Kier alpha value is -1.62. The van der Waals surface area contributed by atoms with Gasteiger partial charge in [0.25, 0.3) is 0 Å². The van der Waals surface area contributed by atoms with Crippen molar-refractivity contribution in [3.63, 3.8) is 0 Å². The van der Waals surface area contributed by atoms with Crippen LogP contribution in [0.15, 0.2) is 18.5 Å². The molecule has 0 radical (unpaired) electrons. The summed E-state index contributed by atoms with van der Waals surface area (Å²) >= 11 is 0. The molecule has 98 valence electrons. The summed E-state index contributed by atoms with van der Waals surface area (Å²) in [7, 11) is 3.90. The van der Waals surface area contributed by atoms with Crippen molar-refractivity contribution in [3.8, 4) is 0 Å². The highest BCUT2D eigenvalue weighted by Gasteiger charge is 2.21. The SMILES string of the molecule is CN(C)c1ccncc1NC(=O)C1CCCCN1. The maximum absolute atomic E-state index is 12.1. The Balaban J connectivity index is 2.06. The number of anilines is 2. The molecule has 0 bridgehead atoms. The van der Waals surface area contributed by atoms with E-state index in [1.807, 2.05) is 25.1 Å². The van der Waals surface area contributed by atoms with Crippen molar-refractivity contribution >= 4 is 17.3 Å². The van der Waals surface area contributed by atoms with E-state index in [0.29, 0.717) is 0 Å². The number of nitrogens with zero attached hydrogens (tertiary/aromatic N) is 2. The first-order chi connectivity index (χ1) is 8.68. The highest BCUT2D eigenvalue weighted by Crippen LogP contribution is 2.22. The molecule has 0 spiro atoms. The molecule has 5 nitrogen and oxygen atoms in total. The Kier molecular flexibility index (Phi) is 4.15. The summed E-state index contributed by atoms with van der Waals surface area (Å²) < 4.78 is 0. The largest absolute Gasteiger partial charge is 0.376 e. The number of pyridine rings is 1. The average Bonchev–Trinajstić information content (AvgIpc) is 2.40. The van der Waals surface area contributed by atoms with Crippen molar-refractivity contribution in [2.75, 3.05) is 30.9 Å². The number of hydrogen-bond donors (Lipinski definition) is 2. The molecular weight excluding hydrogens is 228 g/mol. The zero-order valence-electron chi connectivity index (χ0n) is 10.9. The van der Waals surface area contributed by atoms with E-state index in [4.69, 9.17) is 0 Å². The molecule has 0 saturated carbocycles. The van der Waals surface area contributed by atoms with E-state index < -0.39 is 0 Å². The van der Waals surface area contributed by atoms with Gasteiger partial charge in [-0.15, -0.1) is 0 Å². The summed E-state index contributed by atoms with van der Waals surface area (Å²) in [4.78, 5) is 18.2. The van der Waals surface area contributed by atoms with Crippen molar-refractivity contribution in [1.82, 2.24) is 10.3 Å². The Morgan fingerprint density at radius 2 is 2.33 bits per heavy atom. The number of carbonyl (C=O) groups is 1. The van der Waals surface area contributed by atoms with Crippen LogP contribution in [0.4, 0.5) is 11.4 Å². The third-order valence-electron chi connectivity index (χ3n) is 3.16. The number of hydrogen-bond acceptors (Lipinski definition) is 4. The van der Waals surface area contributed by atoms with E-state index in [0.717, 1.165) is 37.2 Å². The van der Waals surface area contributed by atoms with Gasteiger partial charge < -0.3 is 15.5 Å². The molecule has 18 heavy (non-hydrogen) atoms. The van der Waals surface area contributed by atoms with Crippen molar-refractivity contribution in [2.24, 2.45) is 0 Å². The first-order valence-corrected chi connectivity index (χ1v) is 6.34. The Labute approximate surface area is 108 Å². The Morgan fingerprint density at radius 3 is 3.00 bits per heavy atom. The summed E-state index contributed by atoms with van der Waals surface area (Å²) in [5, 5.41) is 6.20. The number of aromatic nitrogens is 1. The van der Waals surface area contributed by atoms with Crippen LogP contribution in [0.2, 0.25) is 0 Å². The fourth-order valence-electron chi connectivity index (χ4n) is 2.17. The molecule has 5 heteroatoms. The molecule has 1 saturated heterocycles. The van der Waals surface area contributed by atoms with Gasteiger partial charge in [0.15, 0.2) is 0 Å².